The first-order chi connectivity index (χ1) is 9.78. The van der Waals surface area contributed by atoms with Crippen molar-refractivity contribution in [3.8, 4) is 0 Å². The van der Waals surface area contributed by atoms with Crippen molar-refractivity contribution >= 4 is 11.8 Å². The van der Waals surface area contributed by atoms with Crippen molar-refractivity contribution in [2.45, 2.75) is 30.7 Å². The van der Waals surface area contributed by atoms with Crippen LogP contribution in [0, 0.1) is 5.82 Å². The third kappa shape index (κ3) is 5.02. The Morgan fingerprint density at radius 2 is 2.20 bits per heavy atom. The van der Waals surface area contributed by atoms with Crippen LogP contribution in [-0.2, 0) is 6.42 Å². The maximum Gasteiger partial charge on any atom is 0.124 e. The fourth-order valence-corrected chi connectivity index (χ4v) is 2.96. The standard InChI is InChI=1S/C16H20FNOS/c1-2-8-18-14(11-15-6-4-9-19-15)12-20-16-7-3-5-13(17)10-16/h3-7,9-10,14,18H,2,8,11-12H2,1H3. The van der Waals surface area contributed by atoms with E-state index in [0.717, 1.165) is 35.8 Å². The smallest absolute Gasteiger partial charge is 0.124 e. The Morgan fingerprint density at radius 3 is 2.90 bits per heavy atom. The van der Waals surface area contributed by atoms with Crippen LogP contribution in [0.15, 0.2) is 52.0 Å². The molecule has 0 aliphatic rings. The lowest BCUT2D eigenvalue weighted by Crippen LogP contribution is -2.33. The van der Waals surface area contributed by atoms with Crippen molar-refractivity contribution in [2.75, 3.05) is 12.3 Å². The fourth-order valence-electron chi connectivity index (χ4n) is 1.96. The van der Waals surface area contributed by atoms with Crippen molar-refractivity contribution in [1.82, 2.24) is 5.32 Å². The highest BCUT2D eigenvalue weighted by atomic mass is 32.2. The highest BCUT2D eigenvalue weighted by Gasteiger charge is 2.11. The summed E-state index contributed by atoms with van der Waals surface area (Å²) in [6, 6.07) is 11.0. The normalized spacial score (nSPS) is 12.5. The maximum atomic E-state index is 13.2. The molecular weight excluding hydrogens is 273 g/mol. The number of thioether (sulfide) groups is 1. The zero-order valence-corrected chi connectivity index (χ0v) is 12.5. The van der Waals surface area contributed by atoms with Gasteiger partial charge in [-0.2, -0.15) is 0 Å². The highest BCUT2D eigenvalue weighted by molar-refractivity contribution is 7.99. The van der Waals surface area contributed by atoms with Crippen LogP contribution in [-0.4, -0.2) is 18.3 Å². The van der Waals surface area contributed by atoms with Gasteiger partial charge in [-0.25, -0.2) is 4.39 Å². The van der Waals surface area contributed by atoms with E-state index in [2.05, 4.69) is 12.2 Å². The molecule has 0 saturated heterocycles. The molecule has 0 aliphatic heterocycles. The van der Waals surface area contributed by atoms with E-state index in [0.29, 0.717) is 6.04 Å². The first-order valence-corrected chi connectivity index (χ1v) is 7.90. The van der Waals surface area contributed by atoms with Crippen LogP contribution in [0.1, 0.15) is 19.1 Å². The molecule has 0 amide bonds. The SMILES string of the molecule is CCCNC(CSc1cccc(F)c1)Cc1ccco1. The van der Waals surface area contributed by atoms with Crippen molar-refractivity contribution in [2.24, 2.45) is 0 Å². The monoisotopic (exact) mass is 293 g/mol. The van der Waals surface area contributed by atoms with E-state index in [1.54, 1.807) is 30.2 Å². The molecule has 0 saturated carbocycles. The molecule has 1 heterocycles. The molecule has 1 atom stereocenters. The van der Waals surface area contributed by atoms with E-state index in [9.17, 15) is 4.39 Å². The van der Waals surface area contributed by atoms with Crippen LogP contribution in [0.5, 0.6) is 0 Å². The van der Waals surface area contributed by atoms with Gasteiger partial charge in [0.15, 0.2) is 0 Å². The third-order valence-electron chi connectivity index (χ3n) is 2.96. The van der Waals surface area contributed by atoms with Crippen molar-refractivity contribution in [3.63, 3.8) is 0 Å². The molecular formula is C16H20FNOS. The van der Waals surface area contributed by atoms with Gasteiger partial charge in [-0.05, 0) is 43.3 Å². The number of rotatable bonds is 8. The molecule has 2 rings (SSSR count). The summed E-state index contributed by atoms with van der Waals surface area (Å²) in [6.07, 6.45) is 3.65. The Bertz CT molecular complexity index is 501. The zero-order chi connectivity index (χ0) is 14.2. The summed E-state index contributed by atoms with van der Waals surface area (Å²) in [4.78, 5) is 0.966. The average molecular weight is 293 g/mol. The van der Waals surface area contributed by atoms with Gasteiger partial charge in [0.05, 0.1) is 6.26 Å². The van der Waals surface area contributed by atoms with Gasteiger partial charge in [0.1, 0.15) is 11.6 Å². The van der Waals surface area contributed by atoms with Gasteiger partial charge in [0.2, 0.25) is 0 Å². The van der Waals surface area contributed by atoms with Gasteiger partial charge in [0.25, 0.3) is 0 Å². The zero-order valence-electron chi connectivity index (χ0n) is 11.6. The van der Waals surface area contributed by atoms with Crippen LogP contribution in [0.2, 0.25) is 0 Å². The topological polar surface area (TPSA) is 25.2 Å². The Balaban J connectivity index is 1.89. The molecule has 4 heteroatoms. The van der Waals surface area contributed by atoms with Crippen molar-refractivity contribution in [1.29, 1.82) is 0 Å². The predicted octanol–water partition coefficient (Wildman–Crippen LogP) is 4.12. The molecule has 0 fully saturated rings. The van der Waals surface area contributed by atoms with E-state index in [-0.39, 0.29) is 5.82 Å². The van der Waals surface area contributed by atoms with Crippen LogP contribution in [0.4, 0.5) is 4.39 Å². The van der Waals surface area contributed by atoms with E-state index >= 15 is 0 Å². The Hall–Kier alpha value is -1.26. The second-order valence-electron chi connectivity index (χ2n) is 4.70. The number of hydrogen-bond donors (Lipinski definition) is 1. The Labute approximate surface area is 123 Å². The van der Waals surface area contributed by atoms with Gasteiger partial charge < -0.3 is 9.73 Å². The lowest BCUT2D eigenvalue weighted by molar-refractivity contribution is 0.460. The van der Waals surface area contributed by atoms with Crippen LogP contribution in [0.25, 0.3) is 0 Å². The second kappa shape index (κ2) is 8.12. The van der Waals surface area contributed by atoms with Gasteiger partial charge in [0, 0.05) is 23.1 Å². The minimum atomic E-state index is -0.181. The largest absolute Gasteiger partial charge is 0.469 e. The first kappa shape index (κ1) is 15.1. The first-order valence-electron chi connectivity index (χ1n) is 6.92. The highest BCUT2D eigenvalue weighted by Crippen LogP contribution is 2.20. The summed E-state index contributed by atoms with van der Waals surface area (Å²) in [6.45, 7) is 3.13. The van der Waals surface area contributed by atoms with Crippen molar-refractivity contribution in [3.05, 3.63) is 54.2 Å². The molecule has 1 N–H and O–H groups in total. The summed E-state index contributed by atoms with van der Waals surface area (Å²) in [5, 5.41) is 3.52. The van der Waals surface area contributed by atoms with E-state index in [4.69, 9.17) is 4.42 Å². The molecule has 1 unspecified atom stereocenters. The van der Waals surface area contributed by atoms with Crippen LogP contribution < -0.4 is 5.32 Å². The lowest BCUT2D eigenvalue weighted by atomic mass is 10.2. The summed E-state index contributed by atoms with van der Waals surface area (Å²) < 4.78 is 18.6. The van der Waals surface area contributed by atoms with Crippen LogP contribution >= 0.6 is 11.8 Å². The molecule has 1 aromatic carbocycles. The molecule has 2 nitrogen and oxygen atoms in total. The molecule has 108 valence electrons. The molecule has 2 aromatic rings. The van der Waals surface area contributed by atoms with Crippen molar-refractivity contribution < 1.29 is 8.81 Å². The maximum absolute atomic E-state index is 13.2. The summed E-state index contributed by atoms with van der Waals surface area (Å²) in [5.41, 5.74) is 0. The number of hydrogen-bond acceptors (Lipinski definition) is 3. The Morgan fingerprint density at radius 1 is 1.30 bits per heavy atom. The second-order valence-corrected chi connectivity index (χ2v) is 5.80. The number of nitrogens with one attached hydrogen (secondary N) is 1. The fraction of sp³-hybridized carbons (Fsp3) is 0.375. The van der Waals surface area contributed by atoms with Gasteiger partial charge in [-0.1, -0.05) is 13.0 Å². The predicted molar refractivity (Wildman–Crippen MR) is 81.6 cm³/mol. The quantitative estimate of drug-likeness (QED) is 0.741. The molecule has 0 bridgehead atoms. The molecule has 0 aliphatic carbocycles. The molecule has 20 heavy (non-hydrogen) atoms. The minimum Gasteiger partial charge on any atom is -0.469 e. The third-order valence-corrected chi connectivity index (χ3v) is 4.11. The van der Waals surface area contributed by atoms with Gasteiger partial charge >= 0.3 is 0 Å². The van der Waals surface area contributed by atoms with Gasteiger partial charge in [-0.3, -0.25) is 0 Å². The summed E-state index contributed by atoms with van der Waals surface area (Å²) in [5.74, 6) is 1.70. The molecule has 0 spiro atoms. The van der Waals surface area contributed by atoms with E-state index in [1.165, 1.54) is 6.07 Å². The number of halogens is 1. The summed E-state index contributed by atoms with van der Waals surface area (Å²) in [7, 11) is 0. The molecule has 1 aromatic heterocycles. The minimum absolute atomic E-state index is 0.181. The van der Waals surface area contributed by atoms with E-state index < -0.39 is 0 Å². The van der Waals surface area contributed by atoms with Gasteiger partial charge in [-0.15, -0.1) is 11.8 Å². The number of benzene rings is 1. The van der Waals surface area contributed by atoms with E-state index in [1.807, 2.05) is 18.2 Å². The summed E-state index contributed by atoms with van der Waals surface area (Å²) >= 11 is 1.67. The lowest BCUT2D eigenvalue weighted by Gasteiger charge is -2.17. The van der Waals surface area contributed by atoms with Crippen LogP contribution in [0.3, 0.4) is 0 Å². The average Bonchev–Trinajstić information content (AvgIpc) is 2.95. The molecule has 0 radical (unpaired) electrons. The number of furan rings is 1. The Kier molecular flexibility index (Phi) is 6.15.